The Bertz CT molecular complexity index is 550. The van der Waals surface area contributed by atoms with E-state index in [0.717, 1.165) is 43.5 Å². The first-order valence-corrected chi connectivity index (χ1v) is 11.0. The molecule has 1 saturated heterocycles. The molecule has 24 heavy (non-hydrogen) atoms. The van der Waals surface area contributed by atoms with E-state index in [-0.39, 0.29) is 10.6 Å². The second-order valence-corrected chi connectivity index (χ2v) is 9.33. The van der Waals surface area contributed by atoms with Gasteiger partial charge in [0.05, 0.1) is 5.69 Å². The van der Waals surface area contributed by atoms with Crippen LogP contribution >= 0.6 is 22.5 Å². The van der Waals surface area contributed by atoms with Gasteiger partial charge in [0.2, 0.25) is 0 Å². The average molecular weight is 369 g/mol. The van der Waals surface area contributed by atoms with Crippen molar-refractivity contribution < 1.29 is 4.39 Å². The lowest BCUT2D eigenvalue weighted by Gasteiger charge is -2.41. The molecule has 0 bridgehead atoms. The first-order valence-electron chi connectivity index (χ1n) is 9.13. The van der Waals surface area contributed by atoms with Crippen molar-refractivity contribution in [2.24, 2.45) is 0 Å². The van der Waals surface area contributed by atoms with Gasteiger partial charge in [-0.15, -0.1) is 11.7 Å². The molecule has 0 amide bonds. The summed E-state index contributed by atoms with van der Waals surface area (Å²) < 4.78 is 14.5. The van der Waals surface area contributed by atoms with Gasteiger partial charge in [-0.05, 0) is 44.4 Å². The normalized spacial score (nSPS) is 21.2. The molecule has 134 valence electrons. The highest BCUT2D eigenvalue weighted by Gasteiger charge is 2.27. The summed E-state index contributed by atoms with van der Waals surface area (Å²) in [5, 5.41) is 0. The van der Waals surface area contributed by atoms with Crippen LogP contribution in [-0.2, 0) is 4.75 Å². The van der Waals surface area contributed by atoms with Gasteiger partial charge in [-0.1, -0.05) is 36.1 Å². The molecule has 0 aromatic heterocycles. The van der Waals surface area contributed by atoms with Crippen molar-refractivity contribution in [1.29, 1.82) is 0 Å². The Labute approximate surface area is 155 Å². The van der Waals surface area contributed by atoms with E-state index in [4.69, 9.17) is 0 Å². The van der Waals surface area contributed by atoms with Gasteiger partial charge in [0.25, 0.3) is 0 Å². The fraction of sp³-hybridized carbons (Fsp3) is 0.684. The van der Waals surface area contributed by atoms with Crippen molar-refractivity contribution in [3.8, 4) is 0 Å². The minimum absolute atomic E-state index is 0.103. The monoisotopic (exact) mass is 368 g/mol. The van der Waals surface area contributed by atoms with E-state index in [1.165, 1.54) is 42.9 Å². The molecule has 2 aliphatic rings. The van der Waals surface area contributed by atoms with Crippen molar-refractivity contribution >= 4 is 28.1 Å². The second-order valence-electron chi connectivity index (χ2n) is 7.58. The zero-order valence-electron chi connectivity index (χ0n) is 14.8. The van der Waals surface area contributed by atoms with Crippen molar-refractivity contribution in [2.75, 3.05) is 31.1 Å². The fourth-order valence-electron chi connectivity index (χ4n) is 3.96. The lowest BCUT2D eigenvalue weighted by Crippen LogP contribution is -2.51. The number of halogens is 1. The van der Waals surface area contributed by atoms with Crippen LogP contribution in [0, 0.1) is 5.82 Å². The molecule has 1 heterocycles. The smallest absolute Gasteiger partial charge is 0.146 e. The fourth-order valence-corrected chi connectivity index (χ4v) is 4.51. The van der Waals surface area contributed by atoms with E-state index < -0.39 is 0 Å². The maximum Gasteiger partial charge on any atom is 0.146 e. The predicted molar refractivity (Wildman–Crippen MR) is 107 cm³/mol. The van der Waals surface area contributed by atoms with Gasteiger partial charge in [0.15, 0.2) is 0 Å². The van der Waals surface area contributed by atoms with Crippen LogP contribution in [0.1, 0.15) is 51.5 Å². The SMILES string of the molecule is CC(C)(SS)c1ccc(N2CCN(C3CCCCC3)CC2)c(F)c1. The molecule has 5 heteroatoms. The standard InChI is InChI=1S/C19H29FN2S2/c1-19(2,24-23)15-8-9-18(17(20)14-15)22-12-10-21(11-13-22)16-6-4-3-5-7-16/h8-9,14,16,23H,3-7,10-13H2,1-2H3. The van der Waals surface area contributed by atoms with Crippen LogP contribution < -0.4 is 4.90 Å². The summed E-state index contributed by atoms with van der Waals surface area (Å²) in [6.07, 6.45) is 6.84. The van der Waals surface area contributed by atoms with E-state index in [1.807, 2.05) is 6.07 Å². The lowest BCUT2D eigenvalue weighted by atomic mass is 9.94. The van der Waals surface area contributed by atoms with Gasteiger partial charge in [-0.3, -0.25) is 4.90 Å². The number of nitrogens with zero attached hydrogens (tertiary/aromatic N) is 2. The van der Waals surface area contributed by atoms with Crippen LogP contribution in [0.3, 0.4) is 0 Å². The van der Waals surface area contributed by atoms with E-state index in [1.54, 1.807) is 6.07 Å². The van der Waals surface area contributed by atoms with Crippen molar-refractivity contribution in [1.82, 2.24) is 4.90 Å². The van der Waals surface area contributed by atoms with Gasteiger partial charge < -0.3 is 4.90 Å². The van der Waals surface area contributed by atoms with Gasteiger partial charge in [0.1, 0.15) is 5.82 Å². The molecular weight excluding hydrogens is 339 g/mol. The molecule has 0 spiro atoms. The summed E-state index contributed by atoms with van der Waals surface area (Å²) in [5.74, 6) is -0.103. The van der Waals surface area contributed by atoms with Crippen LogP contribution in [0.2, 0.25) is 0 Å². The predicted octanol–water partition coefficient (Wildman–Crippen LogP) is 5.09. The minimum Gasteiger partial charge on any atom is -0.367 e. The average Bonchev–Trinajstić information content (AvgIpc) is 2.62. The first-order chi connectivity index (χ1) is 11.5. The minimum atomic E-state index is -0.178. The molecule has 1 saturated carbocycles. The molecule has 1 aromatic carbocycles. The first kappa shape index (κ1) is 18.4. The molecule has 0 radical (unpaired) electrons. The summed E-state index contributed by atoms with van der Waals surface area (Å²) in [4.78, 5) is 4.84. The van der Waals surface area contributed by atoms with Crippen molar-refractivity contribution in [3.63, 3.8) is 0 Å². The summed E-state index contributed by atoms with van der Waals surface area (Å²) in [6.45, 7) is 8.12. The van der Waals surface area contributed by atoms with E-state index in [9.17, 15) is 4.39 Å². The quantitative estimate of drug-likeness (QED) is 0.584. The largest absolute Gasteiger partial charge is 0.367 e. The Morgan fingerprint density at radius 3 is 2.33 bits per heavy atom. The van der Waals surface area contributed by atoms with E-state index in [2.05, 4.69) is 41.4 Å². The van der Waals surface area contributed by atoms with Crippen LogP contribution in [0.4, 0.5) is 10.1 Å². The molecule has 0 atom stereocenters. The van der Waals surface area contributed by atoms with Crippen LogP contribution in [-0.4, -0.2) is 37.1 Å². The molecule has 2 nitrogen and oxygen atoms in total. The molecule has 1 aliphatic carbocycles. The number of anilines is 1. The Morgan fingerprint density at radius 1 is 1.08 bits per heavy atom. The maximum atomic E-state index is 14.7. The molecular formula is C19H29FN2S2. The molecule has 3 rings (SSSR count). The third-order valence-corrected chi connectivity index (χ3v) is 7.68. The molecule has 0 N–H and O–H groups in total. The molecule has 2 fully saturated rings. The number of hydrogen-bond donors (Lipinski definition) is 1. The van der Waals surface area contributed by atoms with E-state index in [0.29, 0.717) is 0 Å². The topological polar surface area (TPSA) is 6.48 Å². The summed E-state index contributed by atoms with van der Waals surface area (Å²) in [6, 6.07) is 6.45. The summed E-state index contributed by atoms with van der Waals surface area (Å²) in [5.41, 5.74) is 1.74. The number of hydrogen-bond acceptors (Lipinski definition) is 4. The zero-order chi connectivity index (χ0) is 17.2. The second kappa shape index (κ2) is 7.88. The third kappa shape index (κ3) is 4.05. The lowest BCUT2D eigenvalue weighted by molar-refractivity contribution is 0.147. The summed E-state index contributed by atoms with van der Waals surface area (Å²) >= 11 is 4.31. The van der Waals surface area contributed by atoms with Crippen LogP contribution in [0.5, 0.6) is 0 Å². The highest BCUT2D eigenvalue weighted by atomic mass is 33.1. The van der Waals surface area contributed by atoms with E-state index >= 15 is 0 Å². The third-order valence-electron chi connectivity index (χ3n) is 5.62. The number of piperazine rings is 1. The van der Waals surface area contributed by atoms with Crippen molar-refractivity contribution in [3.05, 3.63) is 29.6 Å². The Balaban J connectivity index is 1.64. The summed E-state index contributed by atoms with van der Waals surface area (Å²) in [7, 11) is 1.45. The van der Waals surface area contributed by atoms with Crippen LogP contribution in [0.25, 0.3) is 0 Å². The Hall–Kier alpha value is -0.390. The number of thiol groups is 1. The van der Waals surface area contributed by atoms with Gasteiger partial charge in [-0.2, -0.15) is 0 Å². The highest BCUT2D eigenvalue weighted by molar-refractivity contribution is 8.68. The maximum absolute atomic E-state index is 14.7. The van der Waals surface area contributed by atoms with Crippen molar-refractivity contribution in [2.45, 2.75) is 56.7 Å². The van der Waals surface area contributed by atoms with Gasteiger partial charge >= 0.3 is 0 Å². The zero-order valence-corrected chi connectivity index (χ0v) is 16.5. The van der Waals surface area contributed by atoms with Gasteiger partial charge in [-0.25, -0.2) is 4.39 Å². The van der Waals surface area contributed by atoms with Gasteiger partial charge in [0, 0.05) is 37.0 Å². The molecule has 1 aliphatic heterocycles. The molecule has 1 aromatic rings. The Morgan fingerprint density at radius 2 is 1.75 bits per heavy atom. The Kier molecular flexibility index (Phi) is 6.04. The highest BCUT2D eigenvalue weighted by Crippen LogP contribution is 2.39. The number of benzene rings is 1. The van der Waals surface area contributed by atoms with Crippen LogP contribution in [0.15, 0.2) is 18.2 Å². The molecule has 0 unspecified atom stereocenters. The number of rotatable bonds is 4.